The summed E-state index contributed by atoms with van der Waals surface area (Å²) < 4.78 is 0. The number of aliphatic carboxylic acids is 1. The van der Waals surface area contributed by atoms with Gasteiger partial charge in [-0.1, -0.05) is 17.7 Å². The average molecular weight is 258 g/mol. The fraction of sp³-hybridized carbons (Fsp3) is 0.273. The van der Waals surface area contributed by atoms with Crippen LogP contribution in [0.15, 0.2) is 24.3 Å². The van der Waals surface area contributed by atoms with E-state index < -0.39 is 12.1 Å². The summed E-state index contributed by atoms with van der Waals surface area (Å²) in [6, 6.07) is 6.38. The lowest BCUT2D eigenvalue weighted by atomic mass is 10.2. The van der Waals surface area contributed by atoms with Crippen LogP contribution in [-0.2, 0) is 4.79 Å². The minimum absolute atomic E-state index is 0.0400. The average Bonchev–Trinajstić information content (AvgIpc) is 2.28. The van der Waals surface area contributed by atoms with Crippen LogP contribution >= 0.6 is 11.6 Å². The molecule has 0 aliphatic carbocycles. The Morgan fingerprint density at radius 2 is 2.12 bits per heavy atom. The van der Waals surface area contributed by atoms with Crippen LogP contribution in [0.4, 0.5) is 0 Å². The van der Waals surface area contributed by atoms with Crippen molar-refractivity contribution >= 4 is 23.5 Å². The number of hydrogen-bond acceptors (Lipinski definition) is 3. The number of nitrogens with one attached hydrogen (secondary N) is 1. The van der Waals surface area contributed by atoms with Gasteiger partial charge in [0.05, 0.1) is 0 Å². The smallest absolute Gasteiger partial charge is 0.332 e. The zero-order valence-corrected chi connectivity index (χ0v) is 9.65. The van der Waals surface area contributed by atoms with E-state index in [1.807, 2.05) is 0 Å². The quantitative estimate of drug-likeness (QED) is 0.732. The number of amides is 1. The van der Waals surface area contributed by atoms with Gasteiger partial charge in [0.1, 0.15) is 0 Å². The van der Waals surface area contributed by atoms with Crippen molar-refractivity contribution in [3.63, 3.8) is 0 Å². The van der Waals surface area contributed by atoms with Crippen molar-refractivity contribution in [3.8, 4) is 0 Å². The van der Waals surface area contributed by atoms with E-state index in [1.54, 1.807) is 18.2 Å². The summed E-state index contributed by atoms with van der Waals surface area (Å²) in [7, 11) is 0. The van der Waals surface area contributed by atoms with E-state index in [-0.39, 0.29) is 18.9 Å². The van der Waals surface area contributed by atoms with Crippen LogP contribution in [0.5, 0.6) is 0 Å². The predicted octanol–water partition coefficient (Wildman–Crippen LogP) is 0.905. The Morgan fingerprint density at radius 1 is 1.41 bits per heavy atom. The van der Waals surface area contributed by atoms with Crippen LogP contribution in [-0.4, -0.2) is 34.7 Å². The molecule has 0 fully saturated rings. The Hall–Kier alpha value is -1.59. The Balaban J connectivity index is 2.43. The number of carboxylic acids is 1. The molecule has 1 rings (SSSR count). The molecule has 0 aromatic heterocycles. The lowest BCUT2D eigenvalue weighted by Crippen LogP contribution is -2.30. The zero-order valence-electron chi connectivity index (χ0n) is 8.89. The number of carboxylic acid groups (broad SMARTS) is 1. The van der Waals surface area contributed by atoms with Gasteiger partial charge in [-0.25, -0.2) is 4.79 Å². The van der Waals surface area contributed by atoms with E-state index in [2.05, 4.69) is 5.32 Å². The third-order valence-electron chi connectivity index (χ3n) is 2.08. The summed E-state index contributed by atoms with van der Waals surface area (Å²) in [5.41, 5.74) is 0.391. The van der Waals surface area contributed by atoms with Gasteiger partial charge in [-0.05, 0) is 18.2 Å². The van der Waals surface area contributed by atoms with Crippen molar-refractivity contribution in [3.05, 3.63) is 34.9 Å². The minimum Gasteiger partial charge on any atom is -0.479 e. The van der Waals surface area contributed by atoms with Crippen LogP contribution < -0.4 is 5.32 Å². The topological polar surface area (TPSA) is 86.6 Å². The second-order valence-corrected chi connectivity index (χ2v) is 3.85. The number of rotatable bonds is 5. The van der Waals surface area contributed by atoms with Gasteiger partial charge in [-0.2, -0.15) is 0 Å². The molecule has 17 heavy (non-hydrogen) atoms. The maximum atomic E-state index is 11.5. The highest BCUT2D eigenvalue weighted by atomic mass is 35.5. The first-order chi connectivity index (χ1) is 8.00. The molecule has 0 heterocycles. The molecular weight excluding hydrogens is 246 g/mol. The normalized spacial score (nSPS) is 11.9. The van der Waals surface area contributed by atoms with Gasteiger partial charge in [-0.3, -0.25) is 4.79 Å². The molecule has 0 radical (unpaired) electrons. The number of aliphatic hydroxyl groups excluding tert-OH is 1. The number of hydrogen-bond donors (Lipinski definition) is 3. The molecule has 0 aliphatic rings. The summed E-state index contributed by atoms with van der Waals surface area (Å²) in [4.78, 5) is 21.9. The lowest BCUT2D eigenvalue weighted by Gasteiger charge is -2.07. The van der Waals surface area contributed by atoms with E-state index in [0.29, 0.717) is 10.6 Å². The molecule has 0 unspecified atom stereocenters. The standard InChI is InChI=1S/C11H12ClNO4/c12-8-3-1-2-7(6-8)10(15)13-5-4-9(14)11(16)17/h1-3,6,9,14H,4-5H2,(H,13,15)(H,16,17)/t9-/m0/s1. The van der Waals surface area contributed by atoms with E-state index >= 15 is 0 Å². The molecule has 5 nitrogen and oxygen atoms in total. The molecule has 92 valence electrons. The molecule has 0 aliphatic heterocycles. The molecular formula is C11H12ClNO4. The molecule has 1 atom stereocenters. The van der Waals surface area contributed by atoms with Crippen molar-refractivity contribution in [2.75, 3.05) is 6.54 Å². The molecule has 0 saturated carbocycles. The summed E-state index contributed by atoms with van der Waals surface area (Å²) in [5.74, 6) is -1.66. The van der Waals surface area contributed by atoms with Crippen molar-refractivity contribution in [2.45, 2.75) is 12.5 Å². The molecule has 6 heteroatoms. The largest absolute Gasteiger partial charge is 0.479 e. The first kappa shape index (κ1) is 13.5. The Morgan fingerprint density at radius 3 is 2.71 bits per heavy atom. The maximum Gasteiger partial charge on any atom is 0.332 e. The highest BCUT2D eigenvalue weighted by Gasteiger charge is 2.13. The lowest BCUT2D eigenvalue weighted by molar-refractivity contribution is -0.146. The second-order valence-electron chi connectivity index (χ2n) is 3.41. The third kappa shape index (κ3) is 4.42. The number of aliphatic hydroxyl groups is 1. The van der Waals surface area contributed by atoms with Gasteiger partial charge < -0.3 is 15.5 Å². The molecule has 0 saturated heterocycles. The number of benzene rings is 1. The Kier molecular flexibility index (Phi) is 4.93. The third-order valence-corrected chi connectivity index (χ3v) is 2.31. The fourth-order valence-corrected chi connectivity index (χ4v) is 1.37. The van der Waals surface area contributed by atoms with E-state index in [4.69, 9.17) is 21.8 Å². The van der Waals surface area contributed by atoms with Crippen molar-refractivity contribution in [1.29, 1.82) is 0 Å². The maximum absolute atomic E-state index is 11.5. The van der Waals surface area contributed by atoms with Crippen LogP contribution in [0.1, 0.15) is 16.8 Å². The number of halogens is 1. The fourth-order valence-electron chi connectivity index (χ4n) is 1.18. The SMILES string of the molecule is O=C(NCC[C@H](O)C(=O)O)c1cccc(Cl)c1. The van der Waals surface area contributed by atoms with Gasteiger partial charge >= 0.3 is 5.97 Å². The monoisotopic (exact) mass is 257 g/mol. The highest BCUT2D eigenvalue weighted by Crippen LogP contribution is 2.10. The van der Waals surface area contributed by atoms with E-state index in [9.17, 15) is 9.59 Å². The summed E-state index contributed by atoms with van der Waals surface area (Å²) in [5, 5.41) is 20.3. The predicted molar refractivity (Wildman–Crippen MR) is 62.0 cm³/mol. The number of carbonyl (C=O) groups excluding carboxylic acids is 1. The van der Waals surface area contributed by atoms with E-state index in [0.717, 1.165) is 0 Å². The molecule has 0 spiro atoms. The van der Waals surface area contributed by atoms with Gasteiger partial charge in [0.15, 0.2) is 6.10 Å². The van der Waals surface area contributed by atoms with Crippen LogP contribution in [0, 0.1) is 0 Å². The summed E-state index contributed by atoms with van der Waals surface area (Å²) in [6.07, 6.45) is -1.50. The van der Waals surface area contributed by atoms with Crippen molar-refractivity contribution < 1.29 is 19.8 Å². The van der Waals surface area contributed by atoms with Gasteiger partial charge in [0, 0.05) is 23.6 Å². The first-order valence-electron chi connectivity index (χ1n) is 4.95. The van der Waals surface area contributed by atoms with Gasteiger partial charge in [-0.15, -0.1) is 0 Å². The van der Waals surface area contributed by atoms with Crippen molar-refractivity contribution in [1.82, 2.24) is 5.32 Å². The van der Waals surface area contributed by atoms with E-state index in [1.165, 1.54) is 6.07 Å². The zero-order chi connectivity index (χ0) is 12.8. The Labute approximate surface area is 103 Å². The van der Waals surface area contributed by atoms with Gasteiger partial charge in [0.25, 0.3) is 5.91 Å². The van der Waals surface area contributed by atoms with Crippen LogP contribution in [0.2, 0.25) is 5.02 Å². The van der Waals surface area contributed by atoms with Crippen LogP contribution in [0.25, 0.3) is 0 Å². The van der Waals surface area contributed by atoms with Gasteiger partial charge in [0.2, 0.25) is 0 Å². The number of carbonyl (C=O) groups is 2. The van der Waals surface area contributed by atoms with Crippen molar-refractivity contribution in [2.24, 2.45) is 0 Å². The second kappa shape index (κ2) is 6.22. The highest BCUT2D eigenvalue weighted by molar-refractivity contribution is 6.30. The molecule has 1 aromatic carbocycles. The molecule has 1 aromatic rings. The van der Waals surface area contributed by atoms with Crippen LogP contribution in [0.3, 0.4) is 0 Å². The molecule has 3 N–H and O–H groups in total. The Bertz CT molecular complexity index is 422. The molecule has 1 amide bonds. The summed E-state index contributed by atoms with van der Waals surface area (Å²) >= 11 is 5.72. The molecule has 0 bridgehead atoms. The first-order valence-corrected chi connectivity index (χ1v) is 5.33. The minimum atomic E-state index is -1.46. The summed E-state index contributed by atoms with van der Waals surface area (Å²) in [6.45, 7) is 0.0822.